The minimum atomic E-state index is -0.832. The van der Waals surface area contributed by atoms with Gasteiger partial charge >= 0.3 is 17.6 Å². The van der Waals surface area contributed by atoms with E-state index in [1.807, 2.05) is 0 Å². The van der Waals surface area contributed by atoms with E-state index in [4.69, 9.17) is 9.15 Å². The first-order chi connectivity index (χ1) is 10.5. The highest BCUT2D eigenvalue weighted by atomic mass is 16.6. The normalized spacial score (nSPS) is 10.6. The average Bonchev–Trinajstić information content (AvgIpc) is 2.51. The van der Waals surface area contributed by atoms with Gasteiger partial charge in [0, 0.05) is 35.2 Å². The quantitative estimate of drug-likeness (QED) is 0.372. The summed E-state index contributed by atoms with van der Waals surface area (Å²) in [5.74, 6) is -1.26. The number of fused-ring (bicyclic) bond motifs is 1. The van der Waals surface area contributed by atoms with E-state index in [1.165, 1.54) is 25.3 Å². The molecule has 1 heterocycles. The second-order valence-corrected chi connectivity index (χ2v) is 4.16. The fraction of sp³-hybridized carbons (Fsp3) is 0.0625. The fourth-order valence-corrected chi connectivity index (χ4v) is 1.75. The van der Waals surface area contributed by atoms with Gasteiger partial charge in [-0.1, -0.05) is 6.58 Å². The highest BCUT2D eigenvalue weighted by molar-refractivity contribution is 5.98. The lowest BCUT2D eigenvalue weighted by Crippen LogP contribution is -2.06. The van der Waals surface area contributed by atoms with Crippen LogP contribution in [0.5, 0.6) is 5.75 Å². The molecular weight excluding hydrogens is 288 g/mol. The van der Waals surface area contributed by atoms with Crippen LogP contribution in [0, 0.1) is 0 Å². The minimum Gasteiger partial charge on any atom is -0.496 e. The molecule has 0 aliphatic rings. The maximum atomic E-state index is 11.4. The molecule has 0 spiro atoms. The Hall–Kier alpha value is -3.15. The molecule has 0 N–H and O–H groups in total. The zero-order valence-corrected chi connectivity index (χ0v) is 11.7. The molecule has 0 radical (unpaired) electrons. The molecule has 112 valence electrons. The van der Waals surface area contributed by atoms with Crippen LogP contribution in [0.4, 0.5) is 0 Å². The Bertz CT molecular complexity index is 828. The highest BCUT2D eigenvalue weighted by Gasteiger charge is 2.07. The predicted octanol–water partition coefficient (Wildman–Crippen LogP) is 2.07. The van der Waals surface area contributed by atoms with Crippen molar-refractivity contribution in [2.24, 2.45) is 0 Å². The van der Waals surface area contributed by atoms with Gasteiger partial charge in [-0.3, -0.25) is 0 Å². The molecule has 0 atom stereocenters. The molecule has 0 bridgehead atoms. The number of carbonyl (C=O) groups is 2. The van der Waals surface area contributed by atoms with Gasteiger partial charge in [0.2, 0.25) is 0 Å². The largest absolute Gasteiger partial charge is 0.496 e. The van der Waals surface area contributed by atoms with Gasteiger partial charge in [0.05, 0.1) is 7.11 Å². The Morgan fingerprint density at radius 3 is 2.68 bits per heavy atom. The highest BCUT2D eigenvalue weighted by Crippen LogP contribution is 2.26. The number of esters is 2. The monoisotopic (exact) mass is 300 g/mol. The molecule has 6 nitrogen and oxygen atoms in total. The van der Waals surface area contributed by atoms with Crippen LogP contribution >= 0.6 is 0 Å². The van der Waals surface area contributed by atoms with E-state index in [0.29, 0.717) is 22.3 Å². The van der Waals surface area contributed by atoms with Gasteiger partial charge < -0.3 is 13.9 Å². The Labute approximate surface area is 125 Å². The van der Waals surface area contributed by atoms with Gasteiger partial charge in [0.1, 0.15) is 11.3 Å². The number of benzene rings is 1. The second kappa shape index (κ2) is 6.53. The summed E-state index contributed by atoms with van der Waals surface area (Å²) in [5, 5.41) is 0.663. The molecule has 0 saturated heterocycles. The van der Waals surface area contributed by atoms with E-state index in [-0.39, 0.29) is 0 Å². The summed E-state index contributed by atoms with van der Waals surface area (Å²) in [6.07, 6.45) is 3.41. The second-order valence-electron chi connectivity index (χ2n) is 4.16. The Morgan fingerprint density at radius 2 is 2.00 bits per heavy atom. The van der Waals surface area contributed by atoms with Crippen LogP contribution in [0.1, 0.15) is 5.56 Å². The van der Waals surface area contributed by atoms with Crippen LogP contribution in [-0.2, 0) is 14.3 Å². The number of ether oxygens (including phenoxy) is 2. The van der Waals surface area contributed by atoms with E-state index in [9.17, 15) is 14.4 Å². The number of carbonyl (C=O) groups excluding carboxylic acids is 2. The minimum absolute atomic E-state index is 0.367. The summed E-state index contributed by atoms with van der Waals surface area (Å²) in [6.45, 7) is 3.19. The number of hydrogen-bond donors (Lipinski definition) is 0. The molecule has 0 unspecified atom stereocenters. The Kier molecular flexibility index (Phi) is 4.53. The SMILES string of the molecule is C=CC(=O)OC(=O)/C=C/c1cc2ccc(=O)oc2cc1OC. The van der Waals surface area contributed by atoms with Crippen LogP contribution in [0.25, 0.3) is 17.0 Å². The van der Waals surface area contributed by atoms with Crippen molar-refractivity contribution in [2.45, 2.75) is 0 Å². The van der Waals surface area contributed by atoms with Crippen LogP contribution < -0.4 is 10.4 Å². The van der Waals surface area contributed by atoms with Crippen LogP contribution in [-0.4, -0.2) is 19.0 Å². The van der Waals surface area contributed by atoms with Crippen LogP contribution in [0.15, 0.2) is 52.2 Å². The van der Waals surface area contributed by atoms with E-state index in [0.717, 1.165) is 12.2 Å². The lowest BCUT2D eigenvalue weighted by atomic mass is 10.1. The molecule has 0 aliphatic carbocycles. The topological polar surface area (TPSA) is 82.8 Å². The van der Waals surface area contributed by atoms with Crippen molar-refractivity contribution in [3.05, 3.63) is 59.0 Å². The molecule has 1 aromatic heterocycles. The molecule has 2 rings (SSSR count). The average molecular weight is 300 g/mol. The third-order valence-corrected chi connectivity index (χ3v) is 2.74. The van der Waals surface area contributed by atoms with Gasteiger partial charge in [-0.15, -0.1) is 0 Å². The first kappa shape index (κ1) is 15.2. The predicted molar refractivity (Wildman–Crippen MR) is 79.4 cm³/mol. The summed E-state index contributed by atoms with van der Waals surface area (Å²) in [5.41, 5.74) is 0.460. The Balaban J connectivity index is 2.35. The van der Waals surface area contributed by atoms with Gasteiger partial charge in [-0.2, -0.15) is 0 Å². The third kappa shape index (κ3) is 3.49. The molecule has 0 fully saturated rings. The van der Waals surface area contributed by atoms with Gasteiger partial charge in [-0.05, 0) is 18.2 Å². The first-order valence-corrected chi connectivity index (χ1v) is 6.21. The lowest BCUT2D eigenvalue weighted by molar-refractivity contribution is -0.152. The van der Waals surface area contributed by atoms with Crippen LogP contribution in [0.3, 0.4) is 0 Å². The lowest BCUT2D eigenvalue weighted by Gasteiger charge is -2.06. The van der Waals surface area contributed by atoms with Gasteiger partial charge in [0.15, 0.2) is 0 Å². The maximum absolute atomic E-state index is 11.4. The molecular formula is C16H12O6. The standard InChI is InChI=1S/C16H12O6/c1-3-14(17)22-16(19)7-4-10-8-11-5-6-15(18)21-13(11)9-12(10)20-2/h3-9H,1H2,2H3/b7-4+. The molecule has 1 aromatic carbocycles. The summed E-state index contributed by atoms with van der Waals surface area (Å²) in [6, 6.07) is 6.10. The third-order valence-electron chi connectivity index (χ3n) is 2.74. The van der Waals surface area contributed by atoms with Crippen molar-refractivity contribution >= 4 is 29.0 Å². The summed E-state index contributed by atoms with van der Waals surface area (Å²) >= 11 is 0. The van der Waals surface area contributed by atoms with E-state index in [2.05, 4.69) is 11.3 Å². The zero-order chi connectivity index (χ0) is 16.1. The van der Waals surface area contributed by atoms with Crippen molar-refractivity contribution in [2.75, 3.05) is 7.11 Å². The summed E-state index contributed by atoms with van der Waals surface area (Å²) < 4.78 is 14.6. The van der Waals surface area contributed by atoms with Crippen molar-refractivity contribution in [1.29, 1.82) is 0 Å². The smallest absolute Gasteiger partial charge is 0.338 e. The fourth-order valence-electron chi connectivity index (χ4n) is 1.75. The number of rotatable bonds is 4. The molecule has 22 heavy (non-hydrogen) atoms. The maximum Gasteiger partial charge on any atom is 0.338 e. The molecule has 0 amide bonds. The van der Waals surface area contributed by atoms with E-state index in [1.54, 1.807) is 12.1 Å². The molecule has 2 aromatic rings. The Morgan fingerprint density at radius 1 is 1.23 bits per heavy atom. The van der Waals surface area contributed by atoms with Crippen LogP contribution in [0.2, 0.25) is 0 Å². The molecule has 0 saturated carbocycles. The van der Waals surface area contributed by atoms with Crippen molar-refractivity contribution < 1.29 is 23.5 Å². The molecule has 0 aliphatic heterocycles. The summed E-state index contributed by atoms with van der Waals surface area (Å²) in [4.78, 5) is 33.5. The van der Waals surface area contributed by atoms with Crippen molar-refractivity contribution in [3.63, 3.8) is 0 Å². The van der Waals surface area contributed by atoms with Gasteiger partial charge in [-0.25, -0.2) is 14.4 Å². The van der Waals surface area contributed by atoms with Crippen molar-refractivity contribution in [3.8, 4) is 5.75 Å². The summed E-state index contributed by atoms with van der Waals surface area (Å²) in [7, 11) is 1.44. The van der Waals surface area contributed by atoms with Gasteiger partial charge in [0.25, 0.3) is 0 Å². The van der Waals surface area contributed by atoms with E-state index >= 15 is 0 Å². The number of methoxy groups -OCH3 is 1. The van der Waals surface area contributed by atoms with E-state index < -0.39 is 17.6 Å². The molecule has 6 heteroatoms. The zero-order valence-electron chi connectivity index (χ0n) is 11.7. The first-order valence-electron chi connectivity index (χ1n) is 6.21. The number of hydrogen-bond acceptors (Lipinski definition) is 6. The van der Waals surface area contributed by atoms with Crippen molar-refractivity contribution in [1.82, 2.24) is 0 Å².